The Morgan fingerprint density at radius 1 is 1.10 bits per heavy atom. The molecule has 3 aromatic rings. The number of rotatable bonds is 7. The van der Waals surface area contributed by atoms with E-state index in [-0.39, 0.29) is 16.9 Å². The first kappa shape index (κ1) is 22.0. The van der Waals surface area contributed by atoms with Gasteiger partial charge in [-0.05, 0) is 54.3 Å². The summed E-state index contributed by atoms with van der Waals surface area (Å²) in [6.07, 6.45) is 0.0332. The quantitative estimate of drug-likeness (QED) is 0.474. The fourth-order valence-electron chi connectivity index (χ4n) is 3.14. The molecule has 0 aliphatic carbocycles. The third-order valence-corrected chi connectivity index (χ3v) is 4.67. The third-order valence-electron chi connectivity index (χ3n) is 4.67. The van der Waals surface area contributed by atoms with Crippen LogP contribution in [0.3, 0.4) is 0 Å². The summed E-state index contributed by atoms with van der Waals surface area (Å²) in [7, 11) is 0. The maximum absolute atomic E-state index is 13.0. The molecule has 7 heteroatoms. The van der Waals surface area contributed by atoms with Crippen molar-refractivity contribution in [3.8, 4) is 0 Å². The predicted molar refractivity (Wildman–Crippen MR) is 118 cm³/mol. The van der Waals surface area contributed by atoms with Crippen molar-refractivity contribution >= 4 is 17.5 Å². The standard InChI is InChI=1S/C24H22F3N3O/c1-16(30-21-9-5-8-19(15-21)24(25,26)27)22-18(12-13-29-23(22)31)14-20(28)11-10-17-6-3-2-4-7-17/h2-9,12-15,30H,1,10-11,28H2,(H,29,31)/b20-14-. The molecule has 0 amide bonds. The molecule has 0 bridgehead atoms. The molecule has 0 aliphatic heterocycles. The number of pyridine rings is 1. The lowest BCUT2D eigenvalue weighted by Crippen LogP contribution is -2.16. The highest BCUT2D eigenvalue weighted by Crippen LogP contribution is 2.31. The highest BCUT2D eigenvalue weighted by Gasteiger charge is 2.30. The zero-order valence-corrected chi connectivity index (χ0v) is 16.7. The smallest absolute Gasteiger partial charge is 0.402 e. The molecule has 3 rings (SSSR count). The first-order valence-electron chi connectivity index (χ1n) is 9.59. The number of hydrogen-bond acceptors (Lipinski definition) is 3. The maximum Gasteiger partial charge on any atom is 0.416 e. The molecule has 0 atom stereocenters. The molecule has 4 N–H and O–H groups in total. The summed E-state index contributed by atoms with van der Waals surface area (Å²) in [6.45, 7) is 3.85. The molecule has 1 aromatic heterocycles. The van der Waals surface area contributed by atoms with Crippen molar-refractivity contribution in [2.45, 2.75) is 19.0 Å². The number of aromatic nitrogens is 1. The molecule has 0 fully saturated rings. The van der Waals surface area contributed by atoms with Crippen LogP contribution in [-0.2, 0) is 12.6 Å². The summed E-state index contributed by atoms with van der Waals surface area (Å²) in [5.74, 6) is 0. The van der Waals surface area contributed by atoms with Crippen LogP contribution < -0.4 is 16.6 Å². The molecule has 1 heterocycles. The summed E-state index contributed by atoms with van der Waals surface area (Å²) in [5, 5.41) is 2.80. The van der Waals surface area contributed by atoms with Crippen molar-refractivity contribution in [2.24, 2.45) is 5.73 Å². The van der Waals surface area contributed by atoms with Crippen LogP contribution in [0.15, 0.2) is 83.9 Å². The number of halogens is 3. The highest BCUT2D eigenvalue weighted by atomic mass is 19.4. The van der Waals surface area contributed by atoms with E-state index >= 15 is 0 Å². The van der Waals surface area contributed by atoms with Gasteiger partial charge in [0.2, 0.25) is 0 Å². The Balaban J connectivity index is 1.82. The van der Waals surface area contributed by atoms with Crippen LogP contribution in [-0.4, -0.2) is 4.98 Å². The number of nitrogens with one attached hydrogen (secondary N) is 2. The average molecular weight is 425 g/mol. The van der Waals surface area contributed by atoms with Gasteiger partial charge in [-0.2, -0.15) is 13.2 Å². The summed E-state index contributed by atoms with van der Waals surface area (Å²) in [5.41, 5.74) is 7.75. The minimum Gasteiger partial charge on any atom is -0.402 e. The van der Waals surface area contributed by atoms with E-state index < -0.39 is 17.3 Å². The first-order chi connectivity index (χ1) is 14.7. The number of benzene rings is 2. The van der Waals surface area contributed by atoms with Crippen molar-refractivity contribution < 1.29 is 13.2 Å². The highest BCUT2D eigenvalue weighted by molar-refractivity contribution is 5.80. The average Bonchev–Trinajstić information content (AvgIpc) is 2.72. The Bertz CT molecular complexity index is 1150. The van der Waals surface area contributed by atoms with E-state index in [2.05, 4.69) is 16.9 Å². The molecule has 2 aromatic carbocycles. The number of allylic oxidation sites excluding steroid dienone is 1. The Morgan fingerprint density at radius 2 is 1.84 bits per heavy atom. The summed E-state index contributed by atoms with van der Waals surface area (Å²) >= 11 is 0. The lowest BCUT2D eigenvalue weighted by Gasteiger charge is -2.14. The van der Waals surface area contributed by atoms with Gasteiger partial charge in [0.05, 0.1) is 11.1 Å². The number of nitrogens with two attached hydrogens (primary N) is 1. The van der Waals surface area contributed by atoms with Crippen molar-refractivity contribution in [1.29, 1.82) is 0 Å². The van der Waals surface area contributed by atoms with E-state index in [0.717, 1.165) is 24.1 Å². The van der Waals surface area contributed by atoms with Gasteiger partial charge in [0.25, 0.3) is 5.56 Å². The Kier molecular flexibility index (Phi) is 6.65. The van der Waals surface area contributed by atoms with Gasteiger partial charge < -0.3 is 16.0 Å². The van der Waals surface area contributed by atoms with E-state index in [1.165, 1.54) is 18.3 Å². The second-order valence-electron chi connectivity index (χ2n) is 7.02. The van der Waals surface area contributed by atoms with Gasteiger partial charge in [-0.1, -0.05) is 43.0 Å². The second kappa shape index (κ2) is 9.38. The fourth-order valence-corrected chi connectivity index (χ4v) is 3.14. The Morgan fingerprint density at radius 3 is 2.55 bits per heavy atom. The molecular formula is C24H22F3N3O. The van der Waals surface area contributed by atoms with E-state index in [1.807, 2.05) is 30.3 Å². The van der Waals surface area contributed by atoms with Crippen LogP contribution >= 0.6 is 0 Å². The van der Waals surface area contributed by atoms with Crippen LogP contribution in [0.4, 0.5) is 18.9 Å². The molecule has 160 valence electrons. The van der Waals surface area contributed by atoms with Crippen LogP contribution in [0.25, 0.3) is 11.8 Å². The molecule has 0 aliphatic rings. The van der Waals surface area contributed by atoms with Gasteiger partial charge >= 0.3 is 6.18 Å². The van der Waals surface area contributed by atoms with Gasteiger partial charge in [-0.15, -0.1) is 0 Å². The Labute approximate surface area is 177 Å². The topological polar surface area (TPSA) is 70.9 Å². The number of anilines is 1. The van der Waals surface area contributed by atoms with Gasteiger partial charge in [0.15, 0.2) is 0 Å². The number of hydrogen-bond donors (Lipinski definition) is 3. The first-order valence-corrected chi connectivity index (χ1v) is 9.59. The number of alkyl halides is 3. The fraction of sp³-hybridized carbons (Fsp3) is 0.125. The van der Waals surface area contributed by atoms with Crippen LogP contribution in [0, 0.1) is 0 Å². The molecule has 0 saturated carbocycles. The molecule has 0 unspecified atom stereocenters. The minimum absolute atomic E-state index is 0.170. The summed E-state index contributed by atoms with van der Waals surface area (Å²) < 4.78 is 38.9. The van der Waals surface area contributed by atoms with Gasteiger partial charge in [-0.25, -0.2) is 0 Å². The number of aromatic amines is 1. The van der Waals surface area contributed by atoms with Crippen molar-refractivity contribution in [2.75, 3.05) is 5.32 Å². The van der Waals surface area contributed by atoms with Crippen LogP contribution in [0.2, 0.25) is 0 Å². The second-order valence-corrected chi connectivity index (χ2v) is 7.02. The van der Waals surface area contributed by atoms with Crippen molar-refractivity contribution in [3.05, 3.63) is 112 Å². The van der Waals surface area contributed by atoms with Crippen LogP contribution in [0.1, 0.15) is 28.7 Å². The summed E-state index contributed by atoms with van der Waals surface area (Å²) in [6, 6.07) is 16.2. The van der Waals surface area contributed by atoms with Gasteiger partial charge in [0, 0.05) is 23.3 Å². The van der Waals surface area contributed by atoms with E-state index in [1.54, 1.807) is 12.1 Å². The zero-order chi connectivity index (χ0) is 22.4. The minimum atomic E-state index is -4.47. The lowest BCUT2D eigenvalue weighted by molar-refractivity contribution is -0.137. The predicted octanol–water partition coefficient (Wildman–Crippen LogP) is 5.41. The largest absolute Gasteiger partial charge is 0.416 e. The van der Waals surface area contributed by atoms with E-state index in [0.29, 0.717) is 17.7 Å². The van der Waals surface area contributed by atoms with Crippen LogP contribution in [0.5, 0.6) is 0 Å². The molecule has 0 saturated heterocycles. The molecule has 0 spiro atoms. The lowest BCUT2D eigenvalue weighted by atomic mass is 10.0. The van der Waals surface area contributed by atoms with Gasteiger partial charge in [-0.3, -0.25) is 4.79 Å². The number of H-pyrrole nitrogens is 1. The molecule has 31 heavy (non-hydrogen) atoms. The normalized spacial score (nSPS) is 11.9. The van der Waals surface area contributed by atoms with E-state index in [4.69, 9.17) is 5.73 Å². The summed E-state index contributed by atoms with van der Waals surface area (Å²) in [4.78, 5) is 15.0. The third kappa shape index (κ3) is 5.88. The number of aryl methyl sites for hydroxylation is 1. The SMILES string of the molecule is C=C(Nc1cccc(C(F)(F)F)c1)c1c(/C=C(\N)CCc2ccccc2)cc[nH]c1=O. The van der Waals surface area contributed by atoms with E-state index in [9.17, 15) is 18.0 Å². The zero-order valence-electron chi connectivity index (χ0n) is 16.7. The van der Waals surface area contributed by atoms with Crippen molar-refractivity contribution in [1.82, 2.24) is 4.98 Å². The molecular weight excluding hydrogens is 403 g/mol. The maximum atomic E-state index is 13.0. The molecule has 4 nitrogen and oxygen atoms in total. The van der Waals surface area contributed by atoms with Crippen molar-refractivity contribution in [3.63, 3.8) is 0 Å². The monoisotopic (exact) mass is 425 g/mol. The Hall–Kier alpha value is -3.74. The van der Waals surface area contributed by atoms with Gasteiger partial charge in [0.1, 0.15) is 0 Å². The molecule has 0 radical (unpaired) electrons.